The Morgan fingerprint density at radius 3 is 2.72 bits per heavy atom. The van der Waals surface area contributed by atoms with E-state index in [0.29, 0.717) is 18.1 Å². The normalized spacial score (nSPS) is 15.2. The zero-order valence-electron chi connectivity index (χ0n) is 10.4. The molecule has 0 aliphatic carbocycles. The minimum absolute atomic E-state index is 0.0162. The van der Waals surface area contributed by atoms with Crippen molar-refractivity contribution in [1.82, 2.24) is 15.1 Å². The molecule has 1 N–H and O–H groups in total. The van der Waals surface area contributed by atoms with E-state index in [1.54, 1.807) is 18.2 Å². The van der Waals surface area contributed by atoms with Crippen LogP contribution in [0.5, 0.6) is 0 Å². The third-order valence-electron chi connectivity index (χ3n) is 2.95. The first-order valence-electron chi connectivity index (χ1n) is 6.29. The largest absolute Gasteiger partial charge is 0.365 e. The van der Waals surface area contributed by atoms with Crippen LogP contribution in [0.4, 0.5) is 5.82 Å². The zero-order valence-corrected chi connectivity index (χ0v) is 10.4. The van der Waals surface area contributed by atoms with Crippen LogP contribution in [0.15, 0.2) is 24.8 Å². The number of likely N-dealkylation sites (tertiary alicyclic amines) is 1. The molecule has 0 unspecified atom stereocenters. The summed E-state index contributed by atoms with van der Waals surface area (Å²) in [7, 11) is 0. The Labute approximate surface area is 107 Å². The summed E-state index contributed by atoms with van der Waals surface area (Å²) in [5.74, 6) is 0.641. The van der Waals surface area contributed by atoms with Crippen molar-refractivity contribution in [3.8, 4) is 0 Å². The van der Waals surface area contributed by atoms with Crippen LogP contribution in [0.2, 0.25) is 0 Å². The van der Waals surface area contributed by atoms with Gasteiger partial charge in [-0.25, -0.2) is 0 Å². The van der Waals surface area contributed by atoms with Crippen molar-refractivity contribution < 1.29 is 4.79 Å². The molecule has 0 aromatic carbocycles. The molecule has 2 rings (SSSR count). The molecule has 0 spiro atoms. The second kappa shape index (κ2) is 6.14. The van der Waals surface area contributed by atoms with Gasteiger partial charge in [-0.2, -0.15) is 0 Å². The topological polar surface area (TPSA) is 58.1 Å². The summed E-state index contributed by atoms with van der Waals surface area (Å²) in [6.45, 7) is 5.90. The Bertz CT molecular complexity index is 410. The van der Waals surface area contributed by atoms with Crippen molar-refractivity contribution in [2.24, 2.45) is 0 Å². The lowest BCUT2D eigenvalue weighted by molar-refractivity contribution is 0.0717. The molecule has 1 aromatic heterocycles. The van der Waals surface area contributed by atoms with Gasteiger partial charge < -0.3 is 10.2 Å². The first-order valence-corrected chi connectivity index (χ1v) is 6.29. The smallest absolute Gasteiger partial charge is 0.274 e. The summed E-state index contributed by atoms with van der Waals surface area (Å²) in [5.41, 5.74) is 0.418. The van der Waals surface area contributed by atoms with Crippen LogP contribution >= 0.6 is 0 Å². The molecular formula is C13H18N4O. The maximum absolute atomic E-state index is 12.1. The van der Waals surface area contributed by atoms with Gasteiger partial charge in [-0.3, -0.25) is 4.79 Å². The van der Waals surface area contributed by atoms with Crippen LogP contribution in [0.25, 0.3) is 0 Å². The van der Waals surface area contributed by atoms with Crippen LogP contribution in [0, 0.1) is 0 Å². The minimum Gasteiger partial charge on any atom is -0.365 e. The maximum Gasteiger partial charge on any atom is 0.274 e. The molecule has 2 heterocycles. The number of hydrogen-bond donors (Lipinski definition) is 1. The summed E-state index contributed by atoms with van der Waals surface area (Å²) in [4.78, 5) is 14.0. The molecule has 0 radical (unpaired) electrons. The monoisotopic (exact) mass is 246 g/mol. The van der Waals surface area contributed by atoms with Gasteiger partial charge >= 0.3 is 0 Å². The van der Waals surface area contributed by atoms with Crippen LogP contribution < -0.4 is 5.32 Å². The van der Waals surface area contributed by atoms with Crippen molar-refractivity contribution in [2.75, 3.05) is 25.0 Å². The highest BCUT2D eigenvalue weighted by Gasteiger charge is 2.19. The molecule has 0 bridgehead atoms. The lowest BCUT2D eigenvalue weighted by atomic mass is 10.1. The van der Waals surface area contributed by atoms with E-state index in [-0.39, 0.29) is 5.91 Å². The molecule has 96 valence electrons. The van der Waals surface area contributed by atoms with E-state index in [4.69, 9.17) is 0 Å². The number of aromatic nitrogens is 2. The summed E-state index contributed by atoms with van der Waals surface area (Å²) in [5, 5.41) is 11.0. The second-order valence-electron chi connectivity index (χ2n) is 4.33. The average molecular weight is 246 g/mol. The molecular weight excluding hydrogens is 228 g/mol. The van der Waals surface area contributed by atoms with E-state index < -0.39 is 0 Å². The molecule has 0 saturated carbocycles. The zero-order chi connectivity index (χ0) is 12.8. The standard InChI is InChI=1S/C13H18N4O/c1-2-8-14-12-7-6-11(15-16-12)13(18)17-9-4-3-5-10-17/h2,6-7H,1,3-5,8-10H2,(H,14,16). The van der Waals surface area contributed by atoms with Gasteiger partial charge in [0.15, 0.2) is 5.69 Å². The number of anilines is 1. The number of amides is 1. The third kappa shape index (κ3) is 3.06. The number of rotatable bonds is 4. The number of nitrogens with one attached hydrogen (secondary N) is 1. The Morgan fingerprint density at radius 1 is 1.33 bits per heavy atom. The van der Waals surface area contributed by atoms with Gasteiger partial charge in [-0.15, -0.1) is 16.8 Å². The fourth-order valence-electron chi connectivity index (χ4n) is 1.98. The maximum atomic E-state index is 12.1. The van der Waals surface area contributed by atoms with Crippen LogP contribution in [0.1, 0.15) is 29.8 Å². The number of hydrogen-bond acceptors (Lipinski definition) is 4. The predicted molar refractivity (Wildman–Crippen MR) is 70.5 cm³/mol. The van der Waals surface area contributed by atoms with Gasteiger partial charge in [0.2, 0.25) is 0 Å². The van der Waals surface area contributed by atoms with Crippen molar-refractivity contribution in [3.05, 3.63) is 30.5 Å². The fourth-order valence-corrected chi connectivity index (χ4v) is 1.98. The van der Waals surface area contributed by atoms with E-state index in [9.17, 15) is 4.79 Å². The third-order valence-corrected chi connectivity index (χ3v) is 2.95. The van der Waals surface area contributed by atoms with E-state index in [2.05, 4.69) is 22.1 Å². The quantitative estimate of drug-likeness (QED) is 0.821. The van der Waals surface area contributed by atoms with Gasteiger partial charge in [0.25, 0.3) is 5.91 Å². The highest BCUT2D eigenvalue weighted by atomic mass is 16.2. The Hall–Kier alpha value is -1.91. The number of carbonyl (C=O) groups is 1. The molecule has 1 aromatic rings. The van der Waals surface area contributed by atoms with Crippen molar-refractivity contribution in [1.29, 1.82) is 0 Å². The molecule has 18 heavy (non-hydrogen) atoms. The van der Waals surface area contributed by atoms with Crippen LogP contribution in [-0.2, 0) is 0 Å². The highest BCUT2D eigenvalue weighted by Crippen LogP contribution is 2.12. The number of nitrogens with zero attached hydrogens (tertiary/aromatic N) is 3. The molecule has 1 fully saturated rings. The number of piperidine rings is 1. The van der Waals surface area contributed by atoms with E-state index in [0.717, 1.165) is 25.9 Å². The SMILES string of the molecule is C=CCNc1ccc(C(=O)N2CCCCC2)nn1. The van der Waals surface area contributed by atoms with Crippen LogP contribution in [-0.4, -0.2) is 40.6 Å². The molecule has 5 nitrogen and oxygen atoms in total. The first kappa shape index (κ1) is 12.5. The number of carbonyl (C=O) groups excluding carboxylic acids is 1. The molecule has 5 heteroatoms. The molecule has 1 amide bonds. The van der Waals surface area contributed by atoms with Crippen molar-refractivity contribution in [3.63, 3.8) is 0 Å². The van der Waals surface area contributed by atoms with Crippen molar-refractivity contribution in [2.45, 2.75) is 19.3 Å². The van der Waals surface area contributed by atoms with Gasteiger partial charge in [-0.1, -0.05) is 6.08 Å². The van der Waals surface area contributed by atoms with Crippen molar-refractivity contribution >= 4 is 11.7 Å². The van der Waals surface area contributed by atoms with E-state index in [1.165, 1.54) is 6.42 Å². The Morgan fingerprint density at radius 2 is 2.11 bits per heavy atom. The lowest BCUT2D eigenvalue weighted by Gasteiger charge is -2.26. The second-order valence-corrected chi connectivity index (χ2v) is 4.33. The summed E-state index contributed by atoms with van der Waals surface area (Å²) < 4.78 is 0. The van der Waals surface area contributed by atoms with E-state index >= 15 is 0 Å². The van der Waals surface area contributed by atoms with Gasteiger partial charge in [-0.05, 0) is 31.4 Å². The fraction of sp³-hybridized carbons (Fsp3) is 0.462. The Balaban J connectivity index is 1.99. The summed E-state index contributed by atoms with van der Waals surface area (Å²) in [6.07, 6.45) is 5.12. The van der Waals surface area contributed by atoms with Gasteiger partial charge in [0.05, 0.1) is 0 Å². The minimum atomic E-state index is -0.0162. The Kier molecular flexibility index (Phi) is 4.28. The van der Waals surface area contributed by atoms with Crippen LogP contribution in [0.3, 0.4) is 0 Å². The highest BCUT2D eigenvalue weighted by molar-refractivity contribution is 5.92. The lowest BCUT2D eigenvalue weighted by Crippen LogP contribution is -2.36. The predicted octanol–water partition coefficient (Wildman–Crippen LogP) is 1.70. The van der Waals surface area contributed by atoms with Gasteiger partial charge in [0, 0.05) is 19.6 Å². The summed E-state index contributed by atoms with van der Waals surface area (Å²) >= 11 is 0. The molecule has 1 aliphatic rings. The molecule has 0 atom stereocenters. The molecule has 1 aliphatic heterocycles. The molecule has 1 saturated heterocycles. The first-order chi connectivity index (χ1) is 8.81. The van der Waals surface area contributed by atoms with Gasteiger partial charge in [0.1, 0.15) is 5.82 Å². The summed E-state index contributed by atoms with van der Waals surface area (Å²) in [6, 6.07) is 3.49. The average Bonchev–Trinajstić information content (AvgIpc) is 2.46. The van der Waals surface area contributed by atoms with E-state index in [1.807, 2.05) is 4.90 Å².